The Bertz CT molecular complexity index is 244. The maximum Gasteiger partial charge on any atom is 0.323 e. The molecule has 0 aromatic carbocycles. The molecule has 102 valence electrons. The fourth-order valence-corrected chi connectivity index (χ4v) is 2.52. The molecule has 2 N–H and O–H groups in total. The molecule has 0 amide bonds. The molecule has 0 saturated carbocycles. The Balaban J connectivity index is 4.70. The molecule has 2 unspecified atom stereocenters. The summed E-state index contributed by atoms with van der Waals surface area (Å²) in [5.74, 6) is -0.772. The molecule has 0 radical (unpaired) electrons. The molecular formula is C13H28N2O2. The van der Waals surface area contributed by atoms with Crippen molar-refractivity contribution >= 4 is 5.97 Å². The molecule has 4 heteroatoms. The van der Waals surface area contributed by atoms with E-state index in [0.29, 0.717) is 19.0 Å². The Morgan fingerprint density at radius 2 is 1.88 bits per heavy atom. The highest BCUT2D eigenvalue weighted by Gasteiger charge is 2.35. The fraction of sp³-hybridized carbons (Fsp3) is 0.923. The zero-order chi connectivity index (χ0) is 13.6. The summed E-state index contributed by atoms with van der Waals surface area (Å²) in [6.45, 7) is 13.8. The molecule has 0 heterocycles. The SMILES string of the molecule is CCNC(C)(CC(C)N(CC)C(C)C)C(=O)O. The van der Waals surface area contributed by atoms with Gasteiger partial charge < -0.3 is 10.4 Å². The molecule has 0 aliphatic carbocycles. The molecule has 0 aliphatic heterocycles. The van der Waals surface area contributed by atoms with E-state index in [0.717, 1.165) is 6.54 Å². The minimum absolute atomic E-state index is 0.250. The van der Waals surface area contributed by atoms with Gasteiger partial charge in [0.15, 0.2) is 0 Å². The molecule has 0 spiro atoms. The predicted octanol–water partition coefficient (Wildman–Crippen LogP) is 1.95. The van der Waals surface area contributed by atoms with Crippen molar-refractivity contribution in [1.82, 2.24) is 10.2 Å². The van der Waals surface area contributed by atoms with Crippen molar-refractivity contribution in [3.63, 3.8) is 0 Å². The third kappa shape index (κ3) is 4.64. The number of carboxylic acid groups (broad SMARTS) is 1. The van der Waals surface area contributed by atoms with Gasteiger partial charge in [-0.2, -0.15) is 0 Å². The standard InChI is InChI=1S/C13H28N2O2/c1-7-14-13(6,12(16)17)9-11(5)15(8-2)10(3)4/h10-11,14H,7-9H2,1-6H3,(H,16,17). The minimum Gasteiger partial charge on any atom is -0.480 e. The quantitative estimate of drug-likeness (QED) is 0.685. The van der Waals surface area contributed by atoms with Gasteiger partial charge in [-0.05, 0) is 47.2 Å². The highest BCUT2D eigenvalue weighted by Crippen LogP contribution is 2.18. The fourth-order valence-electron chi connectivity index (χ4n) is 2.52. The average Bonchev–Trinajstić information content (AvgIpc) is 2.17. The normalized spacial score (nSPS) is 17.2. The van der Waals surface area contributed by atoms with Crippen molar-refractivity contribution < 1.29 is 9.90 Å². The molecule has 4 nitrogen and oxygen atoms in total. The first kappa shape index (κ1) is 16.4. The maximum atomic E-state index is 11.3. The van der Waals surface area contributed by atoms with Crippen LogP contribution in [0, 0.1) is 0 Å². The second kappa shape index (κ2) is 6.97. The van der Waals surface area contributed by atoms with Crippen molar-refractivity contribution in [2.24, 2.45) is 0 Å². The van der Waals surface area contributed by atoms with Gasteiger partial charge in [0.2, 0.25) is 0 Å². The first-order valence-electron chi connectivity index (χ1n) is 6.52. The molecule has 0 rings (SSSR count). The number of hydrogen-bond donors (Lipinski definition) is 2. The molecule has 0 aromatic heterocycles. The zero-order valence-corrected chi connectivity index (χ0v) is 12.1. The third-order valence-electron chi connectivity index (χ3n) is 3.34. The largest absolute Gasteiger partial charge is 0.480 e. The Kier molecular flexibility index (Phi) is 6.72. The van der Waals surface area contributed by atoms with E-state index < -0.39 is 11.5 Å². The van der Waals surface area contributed by atoms with Crippen LogP contribution in [0.3, 0.4) is 0 Å². The van der Waals surface area contributed by atoms with Crippen LogP contribution in [0.2, 0.25) is 0 Å². The molecule has 17 heavy (non-hydrogen) atoms. The number of hydrogen-bond acceptors (Lipinski definition) is 3. The predicted molar refractivity (Wildman–Crippen MR) is 71.3 cm³/mol. The molecule has 0 saturated heterocycles. The molecular weight excluding hydrogens is 216 g/mol. The molecule has 2 atom stereocenters. The van der Waals surface area contributed by atoms with Crippen LogP contribution >= 0.6 is 0 Å². The van der Waals surface area contributed by atoms with Gasteiger partial charge in [-0.1, -0.05) is 13.8 Å². The summed E-state index contributed by atoms with van der Waals surface area (Å²) in [5.41, 5.74) is -0.837. The Hall–Kier alpha value is -0.610. The third-order valence-corrected chi connectivity index (χ3v) is 3.34. The number of aliphatic carboxylic acids is 1. The first-order chi connectivity index (χ1) is 7.78. The van der Waals surface area contributed by atoms with Crippen molar-refractivity contribution in [2.75, 3.05) is 13.1 Å². The van der Waals surface area contributed by atoms with Gasteiger partial charge in [0.05, 0.1) is 0 Å². The zero-order valence-electron chi connectivity index (χ0n) is 12.1. The van der Waals surface area contributed by atoms with E-state index in [1.54, 1.807) is 6.92 Å². The van der Waals surface area contributed by atoms with E-state index >= 15 is 0 Å². The van der Waals surface area contributed by atoms with Crippen LogP contribution in [-0.2, 0) is 4.79 Å². The van der Waals surface area contributed by atoms with E-state index in [1.165, 1.54) is 0 Å². The van der Waals surface area contributed by atoms with Crippen molar-refractivity contribution in [1.29, 1.82) is 0 Å². The van der Waals surface area contributed by atoms with Gasteiger partial charge in [0, 0.05) is 12.1 Å². The maximum absolute atomic E-state index is 11.3. The van der Waals surface area contributed by atoms with Crippen LogP contribution in [0.5, 0.6) is 0 Å². The van der Waals surface area contributed by atoms with Gasteiger partial charge in [0.25, 0.3) is 0 Å². The lowest BCUT2D eigenvalue weighted by Crippen LogP contribution is -2.54. The minimum atomic E-state index is -0.837. The van der Waals surface area contributed by atoms with Crippen LogP contribution in [0.4, 0.5) is 0 Å². The summed E-state index contributed by atoms with van der Waals surface area (Å²) < 4.78 is 0. The summed E-state index contributed by atoms with van der Waals surface area (Å²) in [4.78, 5) is 13.7. The van der Waals surface area contributed by atoms with Gasteiger partial charge in [-0.15, -0.1) is 0 Å². The van der Waals surface area contributed by atoms with Crippen LogP contribution in [0.1, 0.15) is 48.0 Å². The summed E-state index contributed by atoms with van der Waals surface area (Å²) in [5, 5.41) is 12.4. The Morgan fingerprint density at radius 1 is 1.35 bits per heavy atom. The summed E-state index contributed by atoms with van der Waals surface area (Å²) in [6, 6.07) is 0.690. The van der Waals surface area contributed by atoms with Gasteiger partial charge in [-0.3, -0.25) is 9.69 Å². The summed E-state index contributed by atoms with van der Waals surface area (Å²) in [7, 11) is 0. The lowest BCUT2D eigenvalue weighted by atomic mass is 9.92. The van der Waals surface area contributed by atoms with E-state index in [2.05, 4.69) is 37.9 Å². The van der Waals surface area contributed by atoms with Crippen LogP contribution < -0.4 is 5.32 Å². The second-order valence-electron chi connectivity index (χ2n) is 5.14. The second-order valence-corrected chi connectivity index (χ2v) is 5.14. The summed E-state index contributed by atoms with van der Waals surface area (Å²) in [6.07, 6.45) is 0.613. The van der Waals surface area contributed by atoms with Crippen LogP contribution in [0.15, 0.2) is 0 Å². The smallest absolute Gasteiger partial charge is 0.323 e. The first-order valence-corrected chi connectivity index (χ1v) is 6.52. The van der Waals surface area contributed by atoms with Crippen molar-refractivity contribution in [2.45, 2.75) is 65.6 Å². The molecule has 0 bridgehead atoms. The Morgan fingerprint density at radius 3 is 2.18 bits per heavy atom. The van der Waals surface area contributed by atoms with Crippen molar-refractivity contribution in [3.8, 4) is 0 Å². The number of likely N-dealkylation sites (N-methyl/N-ethyl adjacent to an activating group) is 1. The monoisotopic (exact) mass is 244 g/mol. The van der Waals surface area contributed by atoms with Crippen LogP contribution in [0.25, 0.3) is 0 Å². The van der Waals surface area contributed by atoms with Gasteiger partial charge in [-0.25, -0.2) is 0 Å². The highest BCUT2D eigenvalue weighted by molar-refractivity contribution is 5.78. The van der Waals surface area contributed by atoms with Gasteiger partial charge >= 0.3 is 5.97 Å². The molecule has 0 fully saturated rings. The highest BCUT2D eigenvalue weighted by atomic mass is 16.4. The van der Waals surface area contributed by atoms with Gasteiger partial charge in [0.1, 0.15) is 5.54 Å². The van der Waals surface area contributed by atoms with Crippen molar-refractivity contribution in [3.05, 3.63) is 0 Å². The number of nitrogens with zero attached hydrogens (tertiary/aromatic N) is 1. The number of carboxylic acids is 1. The lowest BCUT2D eigenvalue weighted by molar-refractivity contribution is -0.145. The summed E-state index contributed by atoms with van der Waals surface area (Å²) >= 11 is 0. The average molecular weight is 244 g/mol. The van der Waals surface area contributed by atoms with E-state index in [1.807, 2.05) is 6.92 Å². The molecule has 0 aromatic rings. The van der Waals surface area contributed by atoms with E-state index in [9.17, 15) is 9.90 Å². The topological polar surface area (TPSA) is 52.6 Å². The van der Waals surface area contributed by atoms with Crippen LogP contribution in [-0.4, -0.2) is 46.7 Å². The Labute approximate surface area is 105 Å². The lowest BCUT2D eigenvalue weighted by Gasteiger charge is -2.36. The number of nitrogens with one attached hydrogen (secondary N) is 1. The number of rotatable bonds is 8. The van der Waals surface area contributed by atoms with E-state index in [4.69, 9.17) is 0 Å². The number of carbonyl (C=O) groups is 1. The molecule has 0 aliphatic rings. The van der Waals surface area contributed by atoms with E-state index in [-0.39, 0.29) is 6.04 Å².